The van der Waals surface area contributed by atoms with Crippen LogP contribution in [0.2, 0.25) is 0 Å². The van der Waals surface area contributed by atoms with Gasteiger partial charge < -0.3 is 10.2 Å². The summed E-state index contributed by atoms with van der Waals surface area (Å²) in [7, 11) is 0.287. The molecular formula is C19H29N3O4S. The summed E-state index contributed by atoms with van der Waals surface area (Å²) < 4.78 is 23.2. The Labute approximate surface area is 161 Å². The first kappa shape index (κ1) is 21.4. The van der Waals surface area contributed by atoms with Crippen molar-refractivity contribution < 1.29 is 18.0 Å². The molecule has 7 nitrogen and oxygen atoms in total. The minimum Gasteiger partial charge on any atom is -0.341 e. The van der Waals surface area contributed by atoms with Crippen LogP contribution in [0.5, 0.6) is 0 Å². The summed E-state index contributed by atoms with van der Waals surface area (Å²) in [6.07, 6.45) is 0.473. The number of amides is 2. The van der Waals surface area contributed by atoms with Crippen molar-refractivity contribution in [3.8, 4) is 0 Å². The lowest BCUT2D eigenvalue weighted by atomic mass is 10.1. The predicted molar refractivity (Wildman–Crippen MR) is 107 cm³/mol. The van der Waals surface area contributed by atoms with Crippen LogP contribution in [0, 0.1) is 20.8 Å². The molecule has 0 bridgehead atoms. The highest BCUT2D eigenvalue weighted by Crippen LogP contribution is 2.22. The SMILES string of the molecule is Cc1cc(C)c(NC(=O)CN(C)CC(=O)N(C)[C@H]2CCS(=O)(=O)C2)c(C)c1. The maximum atomic E-state index is 12.4. The van der Waals surface area contributed by atoms with Gasteiger partial charge in [-0.3, -0.25) is 14.5 Å². The Morgan fingerprint density at radius 3 is 2.22 bits per heavy atom. The molecule has 0 spiro atoms. The van der Waals surface area contributed by atoms with Crippen LogP contribution in [0.3, 0.4) is 0 Å². The smallest absolute Gasteiger partial charge is 0.238 e. The Kier molecular flexibility index (Phi) is 6.64. The molecule has 1 aliphatic rings. The van der Waals surface area contributed by atoms with Gasteiger partial charge in [0.15, 0.2) is 9.84 Å². The normalized spacial score (nSPS) is 18.5. The summed E-state index contributed by atoms with van der Waals surface area (Å²) in [6.45, 7) is 6.06. The van der Waals surface area contributed by atoms with E-state index in [4.69, 9.17) is 0 Å². The molecule has 0 radical (unpaired) electrons. The lowest BCUT2D eigenvalue weighted by Crippen LogP contribution is -2.44. The molecule has 1 heterocycles. The number of likely N-dealkylation sites (N-methyl/N-ethyl adjacent to an activating group) is 2. The highest BCUT2D eigenvalue weighted by Gasteiger charge is 2.32. The highest BCUT2D eigenvalue weighted by atomic mass is 32.2. The van der Waals surface area contributed by atoms with Crippen LogP contribution in [-0.2, 0) is 19.4 Å². The monoisotopic (exact) mass is 395 g/mol. The average Bonchev–Trinajstić information content (AvgIpc) is 2.89. The van der Waals surface area contributed by atoms with Crippen molar-refractivity contribution in [1.29, 1.82) is 0 Å². The predicted octanol–water partition coefficient (Wildman–Crippen LogP) is 1.13. The molecule has 0 saturated carbocycles. The molecule has 1 atom stereocenters. The lowest BCUT2D eigenvalue weighted by molar-refractivity contribution is -0.132. The number of nitrogens with zero attached hydrogens (tertiary/aromatic N) is 2. The van der Waals surface area contributed by atoms with Crippen LogP contribution in [0.25, 0.3) is 0 Å². The van der Waals surface area contributed by atoms with Gasteiger partial charge in [-0.15, -0.1) is 0 Å². The Bertz CT molecular complexity index is 812. The number of carbonyl (C=O) groups is 2. The summed E-state index contributed by atoms with van der Waals surface area (Å²) in [5.74, 6) is -0.227. The summed E-state index contributed by atoms with van der Waals surface area (Å²) in [5, 5.41) is 2.92. The van der Waals surface area contributed by atoms with Crippen LogP contribution >= 0.6 is 0 Å². The van der Waals surface area contributed by atoms with Crippen LogP contribution in [0.1, 0.15) is 23.1 Å². The van der Waals surface area contributed by atoms with Crippen molar-refractivity contribution in [1.82, 2.24) is 9.80 Å². The van der Waals surface area contributed by atoms with Crippen LogP contribution in [0.4, 0.5) is 5.69 Å². The van der Waals surface area contributed by atoms with Crippen molar-refractivity contribution in [3.05, 3.63) is 28.8 Å². The quantitative estimate of drug-likeness (QED) is 0.780. The Hall–Kier alpha value is -1.93. The van der Waals surface area contributed by atoms with Gasteiger partial charge >= 0.3 is 0 Å². The van der Waals surface area contributed by atoms with Gasteiger partial charge in [0.2, 0.25) is 11.8 Å². The van der Waals surface area contributed by atoms with Crippen LogP contribution < -0.4 is 5.32 Å². The molecule has 1 N–H and O–H groups in total. The van der Waals surface area contributed by atoms with E-state index in [0.29, 0.717) is 6.42 Å². The molecule has 1 aromatic rings. The van der Waals surface area contributed by atoms with Gasteiger partial charge in [-0.2, -0.15) is 0 Å². The fourth-order valence-electron chi connectivity index (χ4n) is 3.48. The number of carbonyl (C=O) groups excluding carboxylic acids is 2. The molecule has 27 heavy (non-hydrogen) atoms. The third kappa shape index (κ3) is 5.77. The second-order valence-electron chi connectivity index (χ2n) is 7.56. The summed E-state index contributed by atoms with van der Waals surface area (Å²) >= 11 is 0. The number of anilines is 1. The van der Waals surface area contributed by atoms with Crippen molar-refractivity contribution in [2.24, 2.45) is 0 Å². The second-order valence-corrected chi connectivity index (χ2v) is 9.78. The number of rotatable bonds is 6. The van der Waals surface area contributed by atoms with Gasteiger partial charge in [-0.1, -0.05) is 17.7 Å². The topological polar surface area (TPSA) is 86.8 Å². The first-order valence-electron chi connectivity index (χ1n) is 9.01. The molecular weight excluding hydrogens is 366 g/mol. The standard InChI is InChI=1S/C19H29N3O4S/c1-13-8-14(2)19(15(3)9-13)20-17(23)10-21(4)11-18(24)22(5)16-6-7-27(25,26)12-16/h8-9,16H,6-7,10-12H2,1-5H3,(H,20,23)/t16-/m0/s1. The van der Waals surface area contributed by atoms with E-state index in [0.717, 1.165) is 22.4 Å². The van der Waals surface area contributed by atoms with E-state index >= 15 is 0 Å². The van der Waals surface area contributed by atoms with Gasteiger partial charge in [0.1, 0.15) is 0 Å². The van der Waals surface area contributed by atoms with Gasteiger partial charge in [0, 0.05) is 18.8 Å². The molecule has 2 amide bonds. The maximum absolute atomic E-state index is 12.4. The summed E-state index contributed by atoms with van der Waals surface area (Å²) in [4.78, 5) is 27.9. The zero-order chi connectivity index (χ0) is 20.4. The first-order chi connectivity index (χ1) is 12.5. The molecule has 2 rings (SSSR count). The van der Waals surface area contributed by atoms with Crippen molar-refractivity contribution in [3.63, 3.8) is 0 Å². The van der Waals surface area contributed by atoms with Gasteiger partial charge in [0.05, 0.1) is 24.6 Å². The van der Waals surface area contributed by atoms with Crippen molar-refractivity contribution in [2.75, 3.05) is 44.0 Å². The molecule has 1 aromatic carbocycles. The van der Waals surface area contributed by atoms with E-state index in [2.05, 4.69) is 5.32 Å². The third-order valence-corrected chi connectivity index (χ3v) is 6.66. The Balaban J connectivity index is 1.89. The lowest BCUT2D eigenvalue weighted by Gasteiger charge is -2.26. The first-order valence-corrected chi connectivity index (χ1v) is 10.8. The number of aryl methyl sites for hydroxylation is 3. The molecule has 8 heteroatoms. The van der Waals surface area contributed by atoms with Crippen LogP contribution in [-0.4, -0.2) is 74.8 Å². The number of benzene rings is 1. The van der Waals surface area contributed by atoms with Crippen molar-refractivity contribution in [2.45, 2.75) is 33.2 Å². The van der Waals surface area contributed by atoms with E-state index in [1.54, 1.807) is 19.0 Å². The van der Waals surface area contributed by atoms with E-state index in [1.807, 2.05) is 32.9 Å². The minimum absolute atomic E-state index is 0.0193. The number of hydrogen-bond donors (Lipinski definition) is 1. The minimum atomic E-state index is -3.04. The number of nitrogens with one attached hydrogen (secondary N) is 1. The zero-order valence-electron chi connectivity index (χ0n) is 16.7. The second kappa shape index (κ2) is 8.39. The molecule has 150 valence electrons. The fraction of sp³-hybridized carbons (Fsp3) is 0.579. The van der Waals surface area contributed by atoms with E-state index < -0.39 is 9.84 Å². The fourth-order valence-corrected chi connectivity index (χ4v) is 5.26. The molecule has 0 aliphatic carbocycles. The van der Waals surface area contributed by atoms with Crippen LogP contribution in [0.15, 0.2) is 12.1 Å². The largest absolute Gasteiger partial charge is 0.341 e. The van der Waals surface area contributed by atoms with E-state index in [1.165, 1.54) is 4.90 Å². The maximum Gasteiger partial charge on any atom is 0.238 e. The number of sulfone groups is 1. The molecule has 1 aliphatic heterocycles. The summed E-state index contributed by atoms with van der Waals surface area (Å²) in [5.41, 5.74) is 3.95. The molecule has 1 fully saturated rings. The molecule has 0 aromatic heterocycles. The highest BCUT2D eigenvalue weighted by molar-refractivity contribution is 7.91. The van der Waals surface area contributed by atoms with Gasteiger partial charge in [-0.25, -0.2) is 8.42 Å². The molecule has 1 saturated heterocycles. The third-order valence-electron chi connectivity index (χ3n) is 4.91. The zero-order valence-corrected chi connectivity index (χ0v) is 17.5. The number of hydrogen-bond acceptors (Lipinski definition) is 5. The summed E-state index contributed by atoms with van der Waals surface area (Å²) in [6, 6.07) is 3.75. The van der Waals surface area contributed by atoms with Crippen molar-refractivity contribution >= 4 is 27.3 Å². The van der Waals surface area contributed by atoms with E-state index in [9.17, 15) is 18.0 Å². The average molecular weight is 396 g/mol. The molecule has 0 unspecified atom stereocenters. The Morgan fingerprint density at radius 1 is 1.11 bits per heavy atom. The van der Waals surface area contributed by atoms with E-state index in [-0.39, 0.29) is 42.5 Å². The Morgan fingerprint density at radius 2 is 1.70 bits per heavy atom. The van der Waals surface area contributed by atoms with Gasteiger partial charge in [0.25, 0.3) is 0 Å². The van der Waals surface area contributed by atoms with Gasteiger partial charge in [-0.05, 0) is 45.4 Å².